The second-order valence-electron chi connectivity index (χ2n) is 12.8. The zero-order chi connectivity index (χ0) is 32.2. The fourth-order valence-electron chi connectivity index (χ4n) is 7.32. The van der Waals surface area contributed by atoms with Gasteiger partial charge in [-0.1, -0.05) is 84.9 Å². The van der Waals surface area contributed by atoms with E-state index >= 15 is 0 Å². The van der Waals surface area contributed by atoms with E-state index in [0.29, 0.717) is 0 Å². The van der Waals surface area contributed by atoms with Crippen LogP contribution in [0.3, 0.4) is 0 Å². The molecule has 0 spiro atoms. The molecule has 0 saturated heterocycles. The molecule has 0 bridgehead atoms. The number of benzene rings is 8. The van der Waals surface area contributed by atoms with Crippen LogP contribution in [0.25, 0.3) is 43.8 Å². The molecule has 0 fully saturated rings. The fourth-order valence-corrected chi connectivity index (χ4v) is 7.32. The molecule has 0 aromatic heterocycles. The Kier molecular flexibility index (Phi) is 6.62. The first-order valence-corrected chi connectivity index (χ1v) is 16.6. The number of fused-ring (bicyclic) bond motifs is 6. The van der Waals surface area contributed by atoms with E-state index in [1.165, 1.54) is 66.3 Å². The predicted octanol–water partition coefficient (Wildman–Crippen LogP) is 13.2. The van der Waals surface area contributed by atoms with Gasteiger partial charge in [-0.2, -0.15) is 0 Å². The van der Waals surface area contributed by atoms with Crippen LogP contribution in [0.5, 0.6) is 0 Å². The lowest BCUT2D eigenvalue weighted by molar-refractivity contribution is 1.23. The number of nitrogens with zero attached hydrogens (tertiary/aromatic N) is 2. The molecule has 9 rings (SSSR count). The molecule has 8 aromatic rings. The molecule has 48 heavy (non-hydrogen) atoms. The van der Waals surface area contributed by atoms with Crippen LogP contribution < -0.4 is 9.80 Å². The van der Waals surface area contributed by atoms with Crippen molar-refractivity contribution in [3.05, 3.63) is 181 Å². The Hall–Kier alpha value is -6.12. The maximum atomic E-state index is 2.40. The monoisotopic (exact) mass is 614 g/mol. The highest BCUT2D eigenvalue weighted by Gasteiger charge is 2.25. The summed E-state index contributed by atoms with van der Waals surface area (Å²) in [6.07, 6.45) is 0. The Balaban J connectivity index is 1.12. The fraction of sp³-hybridized carbons (Fsp3) is 0.0435. The van der Waals surface area contributed by atoms with Gasteiger partial charge < -0.3 is 9.80 Å². The molecule has 0 aliphatic heterocycles. The lowest BCUT2D eigenvalue weighted by Gasteiger charge is -2.29. The van der Waals surface area contributed by atoms with Crippen molar-refractivity contribution in [1.29, 1.82) is 0 Å². The van der Waals surface area contributed by atoms with Crippen molar-refractivity contribution in [3.63, 3.8) is 0 Å². The molecular formula is C46H34N2. The van der Waals surface area contributed by atoms with Crippen molar-refractivity contribution >= 4 is 55.7 Å². The van der Waals surface area contributed by atoms with Gasteiger partial charge in [-0.3, -0.25) is 0 Å². The molecule has 1 aliphatic rings. The number of anilines is 6. The molecule has 2 heteroatoms. The third-order valence-electron chi connectivity index (χ3n) is 9.76. The van der Waals surface area contributed by atoms with Crippen LogP contribution in [0, 0.1) is 13.8 Å². The maximum Gasteiger partial charge on any atom is 0.0490 e. The number of rotatable bonds is 6. The molecule has 0 radical (unpaired) electrons. The lowest BCUT2D eigenvalue weighted by Crippen LogP contribution is -2.12. The summed E-state index contributed by atoms with van der Waals surface area (Å²) < 4.78 is 0. The molecule has 0 unspecified atom stereocenters. The quantitative estimate of drug-likeness (QED) is 0.184. The molecular weight excluding hydrogens is 581 g/mol. The van der Waals surface area contributed by atoms with Crippen molar-refractivity contribution < 1.29 is 0 Å². The summed E-state index contributed by atoms with van der Waals surface area (Å²) in [6.45, 7) is 4.38. The highest BCUT2D eigenvalue weighted by Crippen LogP contribution is 2.51. The van der Waals surface area contributed by atoms with E-state index in [-0.39, 0.29) is 0 Å². The van der Waals surface area contributed by atoms with E-state index in [1.807, 2.05) is 0 Å². The van der Waals surface area contributed by atoms with Gasteiger partial charge in [0.05, 0.1) is 0 Å². The van der Waals surface area contributed by atoms with Gasteiger partial charge in [0, 0.05) is 34.1 Å². The van der Waals surface area contributed by atoms with Crippen LogP contribution in [0.1, 0.15) is 11.1 Å². The first kappa shape index (κ1) is 28.1. The molecule has 0 amide bonds. The third kappa shape index (κ3) is 4.65. The highest BCUT2D eigenvalue weighted by atomic mass is 15.1. The minimum absolute atomic E-state index is 1.14. The van der Waals surface area contributed by atoms with Crippen molar-refractivity contribution in [2.75, 3.05) is 9.80 Å². The van der Waals surface area contributed by atoms with Crippen molar-refractivity contribution in [2.45, 2.75) is 13.8 Å². The van der Waals surface area contributed by atoms with Crippen molar-refractivity contribution in [1.82, 2.24) is 0 Å². The minimum Gasteiger partial charge on any atom is -0.310 e. The van der Waals surface area contributed by atoms with Gasteiger partial charge >= 0.3 is 0 Å². The maximum absolute atomic E-state index is 2.40. The largest absolute Gasteiger partial charge is 0.310 e. The predicted molar refractivity (Wildman–Crippen MR) is 205 cm³/mol. The second-order valence-corrected chi connectivity index (χ2v) is 12.8. The van der Waals surface area contributed by atoms with Crippen LogP contribution in [-0.4, -0.2) is 0 Å². The summed E-state index contributed by atoms with van der Waals surface area (Å²) in [6, 6.07) is 61.7. The number of aryl methyl sites for hydroxylation is 2. The normalized spacial score (nSPS) is 11.5. The molecule has 2 nitrogen and oxygen atoms in total. The Morgan fingerprint density at radius 2 is 0.667 bits per heavy atom. The van der Waals surface area contributed by atoms with Crippen LogP contribution in [0.15, 0.2) is 170 Å². The van der Waals surface area contributed by atoms with Gasteiger partial charge in [-0.15, -0.1) is 0 Å². The lowest BCUT2D eigenvalue weighted by atomic mass is 9.78. The minimum atomic E-state index is 1.14. The highest BCUT2D eigenvalue weighted by molar-refractivity contribution is 6.12. The SMILES string of the molecule is Cc1ccccc1N(c1ccc2cc3c(cc2c1)-c1cc2ccc(N(c4ccccc4)c4ccccc4)cc2cc1-3)c1ccccc1C. The summed E-state index contributed by atoms with van der Waals surface area (Å²) in [4.78, 5) is 4.73. The van der Waals surface area contributed by atoms with Crippen LogP contribution in [0.4, 0.5) is 34.1 Å². The van der Waals surface area contributed by atoms with E-state index in [0.717, 1.165) is 22.7 Å². The van der Waals surface area contributed by atoms with Crippen molar-refractivity contribution in [2.24, 2.45) is 0 Å². The van der Waals surface area contributed by atoms with Gasteiger partial charge in [0.25, 0.3) is 0 Å². The Morgan fingerprint density at radius 1 is 0.292 bits per heavy atom. The van der Waals surface area contributed by atoms with Crippen LogP contribution in [0.2, 0.25) is 0 Å². The standard InChI is InChI=1S/C46H34N2/c1-31-13-9-11-19-45(31)48(46-20-12-10-14-32(46)2)40-24-22-34-28-42-43-29-35-25-39(23-21-33(35)27-41(43)44(42)30-36(34)26-40)47(37-15-5-3-6-16-37)38-17-7-4-8-18-38/h3-30H,1-2H3. The average molecular weight is 615 g/mol. The molecule has 0 saturated carbocycles. The molecule has 228 valence electrons. The van der Waals surface area contributed by atoms with Crippen LogP contribution in [-0.2, 0) is 0 Å². The second kappa shape index (κ2) is 11.3. The topological polar surface area (TPSA) is 6.48 Å². The number of hydrogen-bond acceptors (Lipinski definition) is 2. The Labute approximate surface area is 281 Å². The van der Waals surface area contributed by atoms with E-state index in [9.17, 15) is 0 Å². The molecule has 8 aromatic carbocycles. The summed E-state index contributed by atoms with van der Waals surface area (Å²) in [5, 5.41) is 5.01. The van der Waals surface area contributed by atoms with Gasteiger partial charge in [0.2, 0.25) is 0 Å². The molecule has 0 N–H and O–H groups in total. The summed E-state index contributed by atoms with van der Waals surface area (Å²) in [7, 11) is 0. The number of hydrogen-bond donors (Lipinski definition) is 0. The average Bonchev–Trinajstić information content (AvgIpc) is 3.13. The van der Waals surface area contributed by atoms with Crippen molar-refractivity contribution in [3.8, 4) is 22.3 Å². The van der Waals surface area contributed by atoms with Gasteiger partial charge in [-0.05, 0) is 154 Å². The van der Waals surface area contributed by atoms with Gasteiger partial charge in [-0.25, -0.2) is 0 Å². The number of para-hydroxylation sites is 4. The zero-order valence-corrected chi connectivity index (χ0v) is 27.1. The summed E-state index contributed by atoms with van der Waals surface area (Å²) >= 11 is 0. The van der Waals surface area contributed by atoms with E-state index in [4.69, 9.17) is 0 Å². The summed E-state index contributed by atoms with van der Waals surface area (Å²) in [5.41, 5.74) is 14.8. The van der Waals surface area contributed by atoms with Gasteiger partial charge in [0.1, 0.15) is 0 Å². The van der Waals surface area contributed by atoms with Gasteiger partial charge in [0.15, 0.2) is 0 Å². The zero-order valence-electron chi connectivity index (χ0n) is 27.1. The Morgan fingerprint density at radius 3 is 1.10 bits per heavy atom. The van der Waals surface area contributed by atoms with E-state index in [2.05, 4.69) is 194 Å². The smallest absolute Gasteiger partial charge is 0.0490 e. The first-order chi connectivity index (χ1) is 23.6. The van der Waals surface area contributed by atoms with Crippen LogP contribution >= 0.6 is 0 Å². The molecule has 0 heterocycles. The molecule has 0 atom stereocenters. The van der Waals surface area contributed by atoms with E-state index in [1.54, 1.807) is 0 Å². The van der Waals surface area contributed by atoms with E-state index < -0.39 is 0 Å². The molecule has 1 aliphatic carbocycles. The third-order valence-corrected chi connectivity index (χ3v) is 9.76. The Bertz CT molecular complexity index is 2400. The summed E-state index contributed by atoms with van der Waals surface area (Å²) in [5.74, 6) is 0. The first-order valence-electron chi connectivity index (χ1n) is 16.6.